The predicted octanol–water partition coefficient (Wildman–Crippen LogP) is 4.00. The van der Waals surface area contributed by atoms with E-state index in [0.717, 1.165) is 16.6 Å². The minimum absolute atomic E-state index is 0.0270. The molecular formula is C15H11BrF2O3. The van der Waals surface area contributed by atoms with Crippen molar-refractivity contribution < 1.29 is 23.0 Å². The molecule has 0 atom stereocenters. The minimum atomic E-state index is -0.917. The second-order valence-corrected chi connectivity index (χ2v) is 5.00. The summed E-state index contributed by atoms with van der Waals surface area (Å²) in [7, 11) is 0. The SMILES string of the molecule is O=Cc1cc(F)c(OCCOc2cccc(Br)c2)c(F)c1. The van der Waals surface area contributed by atoms with Gasteiger partial charge in [0.15, 0.2) is 17.4 Å². The fourth-order valence-electron chi connectivity index (χ4n) is 1.65. The molecule has 0 aliphatic carbocycles. The lowest BCUT2D eigenvalue weighted by molar-refractivity contribution is 0.112. The molecule has 0 heterocycles. The Bertz CT molecular complexity index is 624. The van der Waals surface area contributed by atoms with Crippen molar-refractivity contribution in [2.45, 2.75) is 0 Å². The molecule has 0 bridgehead atoms. The monoisotopic (exact) mass is 356 g/mol. The third-order valence-electron chi connectivity index (χ3n) is 2.55. The van der Waals surface area contributed by atoms with Gasteiger partial charge >= 0.3 is 0 Å². The highest BCUT2D eigenvalue weighted by atomic mass is 79.9. The van der Waals surface area contributed by atoms with E-state index in [2.05, 4.69) is 15.9 Å². The molecule has 6 heteroatoms. The van der Waals surface area contributed by atoms with Gasteiger partial charge in [0.25, 0.3) is 0 Å². The Labute approximate surface area is 128 Å². The van der Waals surface area contributed by atoms with Crippen molar-refractivity contribution in [3.63, 3.8) is 0 Å². The molecule has 0 saturated carbocycles. The molecule has 0 unspecified atom stereocenters. The van der Waals surface area contributed by atoms with Crippen LogP contribution < -0.4 is 9.47 Å². The molecule has 0 aliphatic heterocycles. The second kappa shape index (κ2) is 7.17. The zero-order valence-corrected chi connectivity index (χ0v) is 12.4. The Morgan fingerprint density at radius 3 is 2.33 bits per heavy atom. The number of halogens is 3. The molecular weight excluding hydrogens is 346 g/mol. The lowest BCUT2D eigenvalue weighted by Gasteiger charge is -2.10. The minimum Gasteiger partial charge on any atom is -0.490 e. The van der Waals surface area contributed by atoms with E-state index < -0.39 is 17.4 Å². The fraction of sp³-hybridized carbons (Fsp3) is 0.133. The Kier molecular flexibility index (Phi) is 5.27. The van der Waals surface area contributed by atoms with E-state index in [9.17, 15) is 13.6 Å². The molecule has 2 aromatic carbocycles. The molecule has 0 radical (unpaired) electrons. The number of ether oxygens (including phenoxy) is 2. The molecule has 0 aliphatic rings. The highest BCUT2D eigenvalue weighted by Gasteiger charge is 2.12. The van der Waals surface area contributed by atoms with E-state index in [1.165, 1.54) is 0 Å². The molecule has 3 nitrogen and oxygen atoms in total. The topological polar surface area (TPSA) is 35.5 Å². The van der Waals surface area contributed by atoms with Gasteiger partial charge in [-0.1, -0.05) is 22.0 Å². The Morgan fingerprint density at radius 1 is 1.05 bits per heavy atom. The zero-order chi connectivity index (χ0) is 15.2. The first-order valence-corrected chi connectivity index (χ1v) is 6.85. The van der Waals surface area contributed by atoms with Gasteiger partial charge < -0.3 is 9.47 Å². The maximum atomic E-state index is 13.5. The summed E-state index contributed by atoms with van der Waals surface area (Å²) in [6, 6.07) is 9.01. The van der Waals surface area contributed by atoms with Crippen molar-refractivity contribution in [3.05, 3.63) is 58.1 Å². The number of carbonyl (C=O) groups excluding carboxylic acids is 1. The lowest BCUT2D eigenvalue weighted by Crippen LogP contribution is -2.11. The van der Waals surface area contributed by atoms with Crippen molar-refractivity contribution in [2.24, 2.45) is 0 Å². The van der Waals surface area contributed by atoms with Crippen molar-refractivity contribution >= 4 is 22.2 Å². The van der Waals surface area contributed by atoms with Crippen LogP contribution in [0, 0.1) is 11.6 Å². The number of carbonyl (C=O) groups is 1. The van der Waals surface area contributed by atoms with Gasteiger partial charge in [-0.2, -0.15) is 0 Å². The van der Waals surface area contributed by atoms with E-state index in [1.807, 2.05) is 6.07 Å². The van der Waals surface area contributed by atoms with Crippen molar-refractivity contribution in [1.29, 1.82) is 0 Å². The van der Waals surface area contributed by atoms with E-state index in [4.69, 9.17) is 9.47 Å². The number of benzene rings is 2. The largest absolute Gasteiger partial charge is 0.490 e. The van der Waals surface area contributed by atoms with Gasteiger partial charge in [0, 0.05) is 10.0 Å². The van der Waals surface area contributed by atoms with Gasteiger partial charge in [0.05, 0.1) is 0 Å². The van der Waals surface area contributed by atoms with Crippen molar-refractivity contribution in [3.8, 4) is 11.5 Å². The van der Waals surface area contributed by atoms with Gasteiger partial charge in [-0.3, -0.25) is 4.79 Å². The van der Waals surface area contributed by atoms with E-state index in [1.54, 1.807) is 18.2 Å². The summed E-state index contributed by atoms with van der Waals surface area (Å²) in [4.78, 5) is 10.5. The van der Waals surface area contributed by atoms with Crippen LogP contribution in [0.5, 0.6) is 11.5 Å². The van der Waals surface area contributed by atoms with Gasteiger partial charge in [0.1, 0.15) is 25.2 Å². The van der Waals surface area contributed by atoms with Crippen LogP contribution in [0.25, 0.3) is 0 Å². The first-order valence-electron chi connectivity index (χ1n) is 6.05. The van der Waals surface area contributed by atoms with Crippen LogP contribution in [0.3, 0.4) is 0 Å². The summed E-state index contributed by atoms with van der Waals surface area (Å²) in [6.45, 7) is 0.103. The average molecular weight is 357 g/mol. The van der Waals surface area contributed by atoms with Crippen LogP contribution in [0.4, 0.5) is 8.78 Å². The van der Waals surface area contributed by atoms with Crippen molar-refractivity contribution in [1.82, 2.24) is 0 Å². The van der Waals surface area contributed by atoms with E-state index >= 15 is 0 Å². The van der Waals surface area contributed by atoms with Crippen LogP contribution in [0.2, 0.25) is 0 Å². The summed E-state index contributed by atoms with van der Waals surface area (Å²) >= 11 is 3.30. The maximum absolute atomic E-state index is 13.5. The van der Waals surface area contributed by atoms with Crippen LogP contribution >= 0.6 is 15.9 Å². The molecule has 0 saturated heterocycles. The van der Waals surface area contributed by atoms with Gasteiger partial charge in [-0.25, -0.2) is 8.78 Å². The normalized spacial score (nSPS) is 10.2. The summed E-state index contributed by atoms with van der Waals surface area (Å²) in [5, 5.41) is 0. The quantitative estimate of drug-likeness (QED) is 0.579. The first-order chi connectivity index (χ1) is 10.1. The van der Waals surface area contributed by atoms with E-state index in [-0.39, 0.29) is 18.8 Å². The summed E-state index contributed by atoms with van der Waals surface area (Å²) in [5.41, 5.74) is -0.0808. The van der Waals surface area contributed by atoms with Gasteiger partial charge in [0.2, 0.25) is 0 Å². The predicted molar refractivity (Wildman–Crippen MR) is 76.9 cm³/mol. The smallest absolute Gasteiger partial charge is 0.190 e. The van der Waals surface area contributed by atoms with E-state index in [0.29, 0.717) is 12.0 Å². The molecule has 0 fully saturated rings. The number of hydrogen-bond donors (Lipinski definition) is 0. The molecule has 110 valence electrons. The number of rotatable bonds is 6. The standard InChI is InChI=1S/C15H11BrF2O3/c16-11-2-1-3-12(8-11)20-4-5-21-15-13(17)6-10(9-19)7-14(15)18/h1-3,6-9H,4-5H2. The van der Waals surface area contributed by atoms with Crippen LogP contribution in [-0.4, -0.2) is 19.5 Å². The highest BCUT2D eigenvalue weighted by Crippen LogP contribution is 2.23. The second-order valence-electron chi connectivity index (χ2n) is 4.09. The Balaban J connectivity index is 1.90. The average Bonchev–Trinajstić information content (AvgIpc) is 2.45. The first kappa shape index (κ1) is 15.4. The Morgan fingerprint density at radius 2 is 1.71 bits per heavy atom. The summed E-state index contributed by atoms with van der Waals surface area (Å²) in [5.74, 6) is -1.73. The summed E-state index contributed by atoms with van der Waals surface area (Å²) in [6.07, 6.45) is 0.367. The van der Waals surface area contributed by atoms with Crippen LogP contribution in [0.15, 0.2) is 40.9 Å². The van der Waals surface area contributed by atoms with Crippen LogP contribution in [-0.2, 0) is 0 Å². The fourth-order valence-corrected chi connectivity index (χ4v) is 2.02. The van der Waals surface area contributed by atoms with Crippen molar-refractivity contribution in [2.75, 3.05) is 13.2 Å². The third kappa shape index (κ3) is 4.26. The molecule has 0 aromatic heterocycles. The summed E-state index contributed by atoms with van der Waals surface area (Å²) < 4.78 is 38.3. The lowest BCUT2D eigenvalue weighted by atomic mass is 10.2. The molecule has 2 rings (SSSR count). The molecule has 0 spiro atoms. The van der Waals surface area contributed by atoms with Crippen LogP contribution in [0.1, 0.15) is 10.4 Å². The Hall–Kier alpha value is -1.95. The van der Waals surface area contributed by atoms with Gasteiger partial charge in [-0.15, -0.1) is 0 Å². The number of aldehydes is 1. The maximum Gasteiger partial charge on any atom is 0.190 e. The molecule has 0 amide bonds. The van der Waals surface area contributed by atoms with Gasteiger partial charge in [-0.05, 0) is 30.3 Å². The third-order valence-corrected chi connectivity index (χ3v) is 3.04. The molecule has 21 heavy (non-hydrogen) atoms. The molecule has 0 N–H and O–H groups in total. The zero-order valence-electron chi connectivity index (χ0n) is 10.8. The molecule has 2 aromatic rings. The number of hydrogen-bond acceptors (Lipinski definition) is 3. The highest BCUT2D eigenvalue weighted by molar-refractivity contribution is 9.10.